The van der Waals surface area contributed by atoms with Crippen molar-refractivity contribution >= 4 is 23.2 Å². The zero-order valence-electron chi connectivity index (χ0n) is 14.2. The van der Waals surface area contributed by atoms with Crippen molar-refractivity contribution in [1.29, 1.82) is 0 Å². The number of nitrogens with one attached hydrogen (secondary N) is 2. The number of nitrogens with zero attached hydrogens (tertiary/aromatic N) is 3. The molecule has 0 radical (unpaired) electrons. The number of alkyl halides is 3. The Bertz CT molecular complexity index is 617. The molecule has 0 aliphatic carbocycles. The fourth-order valence-electron chi connectivity index (χ4n) is 2.56. The first kappa shape index (κ1) is 19.5. The van der Waals surface area contributed by atoms with Crippen LogP contribution in [0.2, 0.25) is 0 Å². The summed E-state index contributed by atoms with van der Waals surface area (Å²) in [6, 6.07) is 0.124. The number of aliphatic imine (C=N–C) groups is 1. The van der Waals surface area contributed by atoms with Crippen molar-refractivity contribution in [2.75, 3.05) is 26.7 Å². The minimum absolute atomic E-state index is 0.124. The molecule has 2 rings (SSSR count). The highest BCUT2D eigenvalue weighted by molar-refractivity contribution is 7.09. The number of hydrogen-bond acceptors (Lipinski definition) is 4. The van der Waals surface area contributed by atoms with E-state index < -0.39 is 11.9 Å². The van der Waals surface area contributed by atoms with Gasteiger partial charge in [-0.3, -0.25) is 9.79 Å². The van der Waals surface area contributed by atoms with E-state index in [0.29, 0.717) is 36.9 Å². The topological polar surface area (TPSA) is 69.6 Å². The summed E-state index contributed by atoms with van der Waals surface area (Å²) in [6.45, 7) is 3.62. The van der Waals surface area contributed by atoms with Gasteiger partial charge in [-0.25, -0.2) is 4.98 Å². The standard InChI is InChI=1S/C15H22F3N5OS/c1-3-13(24)23-7-5-10(8-23)21-14(19-2)20-6-4-12-22-11(9-25-12)15(16,17)18/h9-10H,3-8H2,1-2H3,(H2,19,20,21). The minimum Gasteiger partial charge on any atom is -0.356 e. The second-order valence-corrected chi connectivity index (χ2v) is 6.64. The largest absolute Gasteiger partial charge is 0.434 e. The summed E-state index contributed by atoms with van der Waals surface area (Å²) in [4.78, 5) is 21.2. The molecule has 1 aliphatic rings. The third-order valence-electron chi connectivity index (χ3n) is 3.88. The molecule has 2 heterocycles. The molecular weight excluding hydrogens is 355 g/mol. The van der Waals surface area contributed by atoms with E-state index >= 15 is 0 Å². The zero-order valence-corrected chi connectivity index (χ0v) is 15.0. The monoisotopic (exact) mass is 377 g/mol. The summed E-state index contributed by atoms with van der Waals surface area (Å²) in [5, 5.41) is 7.76. The molecule has 1 aromatic heterocycles. The van der Waals surface area contributed by atoms with Crippen LogP contribution in [-0.2, 0) is 17.4 Å². The van der Waals surface area contributed by atoms with E-state index in [2.05, 4.69) is 20.6 Å². The summed E-state index contributed by atoms with van der Waals surface area (Å²) in [5.74, 6) is 0.708. The van der Waals surface area contributed by atoms with Crippen LogP contribution in [0.25, 0.3) is 0 Å². The summed E-state index contributed by atoms with van der Waals surface area (Å²) >= 11 is 0.999. The van der Waals surface area contributed by atoms with Gasteiger partial charge < -0.3 is 15.5 Å². The van der Waals surface area contributed by atoms with Crippen LogP contribution in [0, 0.1) is 0 Å². The molecule has 10 heteroatoms. The van der Waals surface area contributed by atoms with Crippen molar-refractivity contribution in [3.63, 3.8) is 0 Å². The molecule has 1 saturated heterocycles. The molecule has 1 aliphatic heterocycles. The molecule has 0 spiro atoms. The van der Waals surface area contributed by atoms with Gasteiger partial charge in [0.1, 0.15) is 0 Å². The first-order chi connectivity index (χ1) is 11.8. The number of rotatable bonds is 5. The third-order valence-corrected chi connectivity index (χ3v) is 4.79. The lowest BCUT2D eigenvalue weighted by Crippen LogP contribution is -2.45. The van der Waals surface area contributed by atoms with Crippen LogP contribution < -0.4 is 10.6 Å². The Kier molecular flexibility index (Phi) is 6.63. The van der Waals surface area contributed by atoms with Crippen LogP contribution >= 0.6 is 11.3 Å². The van der Waals surface area contributed by atoms with Crippen LogP contribution in [0.4, 0.5) is 13.2 Å². The van der Waals surface area contributed by atoms with E-state index in [1.165, 1.54) is 0 Å². The van der Waals surface area contributed by atoms with Gasteiger partial charge in [-0.15, -0.1) is 11.3 Å². The normalized spacial score (nSPS) is 18.5. The number of hydrogen-bond donors (Lipinski definition) is 2. The average molecular weight is 377 g/mol. The molecule has 1 atom stereocenters. The van der Waals surface area contributed by atoms with Crippen molar-refractivity contribution in [1.82, 2.24) is 20.5 Å². The van der Waals surface area contributed by atoms with Crippen LogP contribution in [0.15, 0.2) is 10.4 Å². The second-order valence-electron chi connectivity index (χ2n) is 5.70. The van der Waals surface area contributed by atoms with Gasteiger partial charge in [-0.2, -0.15) is 13.2 Å². The molecule has 0 aromatic carbocycles. The van der Waals surface area contributed by atoms with Crippen molar-refractivity contribution in [2.24, 2.45) is 4.99 Å². The highest BCUT2D eigenvalue weighted by atomic mass is 32.1. The van der Waals surface area contributed by atoms with Gasteiger partial charge in [0, 0.05) is 50.9 Å². The van der Waals surface area contributed by atoms with Crippen LogP contribution in [0.5, 0.6) is 0 Å². The molecule has 1 aromatic rings. The van der Waals surface area contributed by atoms with Crippen molar-refractivity contribution < 1.29 is 18.0 Å². The van der Waals surface area contributed by atoms with E-state index in [9.17, 15) is 18.0 Å². The maximum Gasteiger partial charge on any atom is 0.434 e. The summed E-state index contributed by atoms with van der Waals surface area (Å²) in [7, 11) is 1.63. The number of halogens is 3. The highest BCUT2D eigenvalue weighted by Crippen LogP contribution is 2.29. The smallest absolute Gasteiger partial charge is 0.356 e. The fourth-order valence-corrected chi connectivity index (χ4v) is 3.36. The zero-order chi connectivity index (χ0) is 18.4. The summed E-state index contributed by atoms with van der Waals surface area (Å²) < 4.78 is 37.6. The van der Waals surface area contributed by atoms with Crippen molar-refractivity contribution in [3.05, 3.63) is 16.1 Å². The molecule has 0 bridgehead atoms. The lowest BCUT2D eigenvalue weighted by Gasteiger charge is -2.18. The molecule has 1 fully saturated rings. The Morgan fingerprint density at radius 2 is 2.28 bits per heavy atom. The molecule has 0 saturated carbocycles. The third kappa shape index (κ3) is 5.58. The van der Waals surface area contributed by atoms with E-state index in [1.807, 2.05) is 11.8 Å². The van der Waals surface area contributed by atoms with E-state index in [4.69, 9.17) is 0 Å². The Hall–Kier alpha value is -1.84. The number of aromatic nitrogens is 1. The van der Waals surface area contributed by atoms with Gasteiger partial charge in [0.15, 0.2) is 11.7 Å². The van der Waals surface area contributed by atoms with E-state index in [1.54, 1.807) is 7.05 Å². The molecule has 6 nitrogen and oxygen atoms in total. The summed E-state index contributed by atoms with van der Waals surface area (Å²) in [5.41, 5.74) is -0.846. The Balaban J connectivity index is 1.76. The second kappa shape index (κ2) is 8.50. The predicted molar refractivity (Wildman–Crippen MR) is 90.6 cm³/mol. The van der Waals surface area contributed by atoms with Crippen molar-refractivity contribution in [3.8, 4) is 0 Å². The Labute approximate surface area is 148 Å². The van der Waals surface area contributed by atoms with Gasteiger partial charge in [-0.05, 0) is 6.42 Å². The first-order valence-corrected chi connectivity index (χ1v) is 8.98. The number of thiazole rings is 1. The average Bonchev–Trinajstić information content (AvgIpc) is 3.22. The maximum absolute atomic E-state index is 12.5. The molecule has 1 amide bonds. The highest BCUT2D eigenvalue weighted by Gasteiger charge is 2.33. The van der Waals surface area contributed by atoms with Crippen LogP contribution in [0.1, 0.15) is 30.5 Å². The van der Waals surface area contributed by atoms with Crippen LogP contribution in [-0.4, -0.2) is 54.5 Å². The number of carbonyl (C=O) groups is 1. The van der Waals surface area contributed by atoms with Crippen LogP contribution in [0.3, 0.4) is 0 Å². The number of amides is 1. The molecule has 2 N–H and O–H groups in total. The molecule has 1 unspecified atom stereocenters. The Morgan fingerprint density at radius 1 is 1.52 bits per heavy atom. The first-order valence-electron chi connectivity index (χ1n) is 8.10. The number of likely N-dealkylation sites (tertiary alicyclic amines) is 1. The quantitative estimate of drug-likeness (QED) is 0.607. The number of carbonyl (C=O) groups excluding carboxylic acids is 1. The van der Waals surface area contributed by atoms with E-state index in [-0.39, 0.29) is 11.9 Å². The molecule has 25 heavy (non-hydrogen) atoms. The lowest BCUT2D eigenvalue weighted by molar-refractivity contribution is -0.140. The fraction of sp³-hybridized carbons (Fsp3) is 0.667. The number of guanidine groups is 1. The predicted octanol–water partition coefficient (Wildman–Crippen LogP) is 1.88. The minimum atomic E-state index is -4.40. The maximum atomic E-state index is 12.5. The van der Waals surface area contributed by atoms with Gasteiger partial charge in [0.05, 0.1) is 5.01 Å². The molecule has 140 valence electrons. The molecular formula is C15H22F3N5OS. The van der Waals surface area contributed by atoms with E-state index in [0.717, 1.165) is 29.7 Å². The Morgan fingerprint density at radius 3 is 2.88 bits per heavy atom. The van der Waals surface area contributed by atoms with Gasteiger partial charge in [0.25, 0.3) is 0 Å². The van der Waals surface area contributed by atoms with Gasteiger partial charge in [-0.1, -0.05) is 6.92 Å². The van der Waals surface area contributed by atoms with Gasteiger partial charge in [0.2, 0.25) is 5.91 Å². The van der Waals surface area contributed by atoms with Crippen molar-refractivity contribution in [2.45, 2.75) is 38.4 Å². The SMILES string of the molecule is CCC(=O)N1CCC(NC(=NC)NCCc2nc(C(F)(F)F)cs2)C1. The van der Waals surface area contributed by atoms with Gasteiger partial charge >= 0.3 is 6.18 Å². The summed E-state index contributed by atoms with van der Waals surface area (Å²) in [6.07, 6.45) is -2.68. The lowest BCUT2D eigenvalue weighted by atomic mass is 10.3.